The lowest BCUT2D eigenvalue weighted by Crippen LogP contribution is -2.24. The molecule has 1 fully saturated rings. The summed E-state index contributed by atoms with van der Waals surface area (Å²) in [6.45, 7) is 2.53. The summed E-state index contributed by atoms with van der Waals surface area (Å²) >= 11 is 0. The first kappa shape index (κ1) is 26.4. The minimum atomic E-state index is -1.94. The highest BCUT2D eigenvalue weighted by Crippen LogP contribution is 2.42. The minimum Gasteiger partial charge on any atom is -0.504 e. The maximum absolute atomic E-state index is 13.8. The van der Waals surface area contributed by atoms with E-state index in [0.717, 1.165) is 29.7 Å². The summed E-state index contributed by atoms with van der Waals surface area (Å²) in [6, 6.07) is 23.8. The van der Waals surface area contributed by atoms with Gasteiger partial charge in [0.2, 0.25) is 0 Å². The van der Waals surface area contributed by atoms with Gasteiger partial charge in [-0.15, -0.1) is 0 Å². The molecule has 4 aromatic rings. The third kappa shape index (κ3) is 5.38. The van der Waals surface area contributed by atoms with Gasteiger partial charge in [0.15, 0.2) is 10.6 Å². The lowest BCUT2D eigenvalue weighted by atomic mass is 9.99. The van der Waals surface area contributed by atoms with Crippen LogP contribution in [0.3, 0.4) is 0 Å². The van der Waals surface area contributed by atoms with Crippen LogP contribution >= 0.6 is 0 Å². The summed E-state index contributed by atoms with van der Waals surface area (Å²) < 4.78 is 13.8. The zero-order valence-electron chi connectivity index (χ0n) is 21.9. The Morgan fingerprint density at radius 3 is 2.33 bits per heavy atom. The molecule has 39 heavy (non-hydrogen) atoms. The van der Waals surface area contributed by atoms with Gasteiger partial charge in [0.05, 0.1) is 10.8 Å². The number of aromatic hydroxyl groups is 1. The van der Waals surface area contributed by atoms with Crippen molar-refractivity contribution in [1.29, 1.82) is 0 Å². The Morgan fingerprint density at radius 1 is 1.03 bits per heavy atom. The van der Waals surface area contributed by atoms with Crippen molar-refractivity contribution in [2.45, 2.75) is 36.0 Å². The number of amides is 1. The van der Waals surface area contributed by atoms with Crippen molar-refractivity contribution < 1.29 is 14.1 Å². The molecule has 3 N–H and O–H groups in total. The number of para-hydroxylation sites is 1. The van der Waals surface area contributed by atoms with E-state index in [1.165, 1.54) is 0 Å². The van der Waals surface area contributed by atoms with Crippen LogP contribution in [0.5, 0.6) is 5.75 Å². The van der Waals surface area contributed by atoms with Gasteiger partial charge in [0, 0.05) is 35.4 Å². The Morgan fingerprint density at radius 2 is 1.69 bits per heavy atom. The quantitative estimate of drug-likeness (QED) is 0.264. The molecule has 0 saturated heterocycles. The maximum Gasteiger partial charge on any atom is 0.268 e. The summed E-state index contributed by atoms with van der Waals surface area (Å²) in [6.07, 6.45) is 2.82. The van der Waals surface area contributed by atoms with E-state index in [-0.39, 0.29) is 16.6 Å². The molecule has 8 heteroatoms. The summed E-state index contributed by atoms with van der Waals surface area (Å²) in [7, 11) is -0.360. The molecule has 200 valence electrons. The number of rotatable bonds is 9. The summed E-state index contributed by atoms with van der Waals surface area (Å²) in [5.41, 5.74) is 3.51. The first-order valence-electron chi connectivity index (χ1n) is 13.1. The molecular weight excluding hydrogens is 510 g/mol. The van der Waals surface area contributed by atoms with Gasteiger partial charge < -0.3 is 20.3 Å². The highest BCUT2D eigenvalue weighted by Gasteiger charge is 2.30. The van der Waals surface area contributed by atoms with Gasteiger partial charge in [-0.25, -0.2) is 4.21 Å². The molecule has 1 heterocycles. The van der Waals surface area contributed by atoms with Crippen molar-refractivity contribution in [3.05, 3.63) is 100 Å². The molecule has 7 nitrogen and oxygen atoms in total. The Kier molecular flexibility index (Phi) is 7.65. The zero-order chi connectivity index (χ0) is 27.5. The molecule has 5 rings (SSSR count). The van der Waals surface area contributed by atoms with Crippen molar-refractivity contribution in [2.75, 3.05) is 18.5 Å². The van der Waals surface area contributed by atoms with Crippen LogP contribution in [0.25, 0.3) is 11.1 Å². The number of aromatic amines is 1. The Bertz CT molecular complexity index is 1580. The SMILES string of the molecule is CCN(c1ccccc1)c1c(CC2CC2)[nH]c(=O)c(S(=O)c2ccc(-c3ccccc3C(=O)NC)cc2)c1O. The molecular formula is C31H31N3O4S. The molecule has 3 aromatic carbocycles. The maximum atomic E-state index is 13.8. The third-order valence-corrected chi connectivity index (χ3v) is 8.45. The number of aromatic nitrogens is 1. The average Bonchev–Trinajstić information content (AvgIpc) is 3.79. The topological polar surface area (TPSA) is 103 Å². The molecule has 1 atom stereocenters. The fourth-order valence-electron chi connectivity index (χ4n) is 4.85. The van der Waals surface area contributed by atoms with Gasteiger partial charge in [-0.2, -0.15) is 0 Å². The van der Waals surface area contributed by atoms with E-state index in [9.17, 15) is 18.9 Å². The van der Waals surface area contributed by atoms with Gasteiger partial charge in [0.25, 0.3) is 11.5 Å². The van der Waals surface area contributed by atoms with E-state index in [1.807, 2.05) is 54.3 Å². The number of pyridine rings is 1. The van der Waals surface area contributed by atoms with E-state index in [0.29, 0.717) is 40.7 Å². The Labute approximate surface area is 230 Å². The Hall–Kier alpha value is -4.17. The van der Waals surface area contributed by atoms with Crippen molar-refractivity contribution in [2.24, 2.45) is 5.92 Å². The summed E-state index contributed by atoms with van der Waals surface area (Å²) in [4.78, 5) is 30.7. The average molecular weight is 542 g/mol. The van der Waals surface area contributed by atoms with E-state index >= 15 is 0 Å². The number of nitrogens with zero attached hydrogens (tertiary/aromatic N) is 1. The molecule has 1 saturated carbocycles. The first-order valence-corrected chi connectivity index (χ1v) is 14.2. The second-order valence-corrected chi connectivity index (χ2v) is 11.0. The molecule has 1 unspecified atom stereocenters. The van der Waals surface area contributed by atoms with Gasteiger partial charge in [-0.1, -0.05) is 48.5 Å². The van der Waals surface area contributed by atoms with Gasteiger partial charge >= 0.3 is 0 Å². The molecule has 0 spiro atoms. The number of hydrogen-bond acceptors (Lipinski definition) is 5. The van der Waals surface area contributed by atoms with E-state index < -0.39 is 16.4 Å². The largest absolute Gasteiger partial charge is 0.504 e. The predicted molar refractivity (Wildman–Crippen MR) is 154 cm³/mol. The third-order valence-electron chi connectivity index (χ3n) is 7.00. The lowest BCUT2D eigenvalue weighted by molar-refractivity contribution is 0.0963. The Balaban J connectivity index is 1.56. The fourth-order valence-corrected chi connectivity index (χ4v) is 5.96. The minimum absolute atomic E-state index is 0.169. The monoisotopic (exact) mass is 541 g/mol. The lowest BCUT2D eigenvalue weighted by Gasteiger charge is -2.27. The highest BCUT2D eigenvalue weighted by atomic mass is 32.2. The predicted octanol–water partition coefficient (Wildman–Crippen LogP) is 5.38. The number of anilines is 2. The molecule has 1 aromatic heterocycles. The molecule has 0 radical (unpaired) electrons. The second kappa shape index (κ2) is 11.3. The second-order valence-electron chi connectivity index (χ2n) is 9.60. The van der Waals surface area contributed by atoms with Crippen LogP contribution in [0.1, 0.15) is 35.8 Å². The van der Waals surface area contributed by atoms with Crippen LogP contribution < -0.4 is 15.8 Å². The van der Waals surface area contributed by atoms with Crippen LogP contribution in [0.2, 0.25) is 0 Å². The van der Waals surface area contributed by atoms with Crippen molar-refractivity contribution in [3.63, 3.8) is 0 Å². The van der Waals surface area contributed by atoms with Crippen LogP contribution in [0.4, 0.5) is 11.4 Å². The zero-order valence-corrected chi connectivity index (χ0v) is 22.8. The van der Waals surface area contributed by atoms with Crippen molar-refractivity contribution in [3.8, 4) is 16.9 Å². The molecule has 0 aliphatic heterocycles. The summed E-state index contributed by atoms with van der Waals surface area (Å²) in [5.74, 6) is 0.00901. The molecule has 1 aliphatic rings. The van der Waals surface area contributed by atoms with E-state index in [4.69, 9.17) is 0 Å². The standard InChI is InChI=1S/C31H31N3O4S/c1-3-34(22-9-5-4-6-10-22)27-26(19-20-13-14-20)33-31(37)29(28(27)35)39(38)23-17-15-21(16-18-23)24-11-7-8-12-25(24)30(36)32-2/h4-12,15-18,20H,3,13-14,19H2,1-2H3,(H,32,36)(H2,33,35,37). The molecule has 1 aliphatic carbocycles. The van der Waals surface area contributed by atoms with Gasteiger partial charge in [0.1, 0.15) is 5.69 Å². The van der Waals surface area contributed by atoms with Gasteiger partial charge in [-0.3, -0.25) is 9.59 Å². The molecule has 0 bridgehead atoms. The highest BCUT2D eigenvalue weighted by molar-refractivity contribution is 7.85. The van der Waals surface area contributed by atoms with Crippen LogP contribution in [-0.2, 0) is 17.2 Å². The van der Waals surface area contributed by atoms with Crippen LogP contribution in [0, 0.1) is 5.92 Å². The number of nitrogens with one attached hydrogen (secondary N) is 2. The molecule has 1 amide bonds. The summed E-state index contributed by atoms with van der Waals surface area (Å²) in [5, 5.41) is 14.2. The van der Waals surface area contributed by atoms with Crippen molar-refractivity contribution >= 4 is 28.1 Å². The normalized spacial score (nSPS) is 13.6. The van der Waals surface area contributed by atoms with Crippen LogP contribution in [-0.4, -0.2) is 33.8 Å². The number of H-pyrrole nitrogens is 1. The van der Waals surface area contributed by atoms with Crippen LogP contribution in [0.15, 0.2) is 93.4 Å². The number of carbonyl (C=O) groups excluding carboxylic acids is 1. The first-order chi connectivity index (χ1) is 18.9. The fraction of sp³-hybridized carbons (Fsp3) is 0.226. The smallest absolute Gasteiger partial charge is 0.268 e. The van der Waals surface area contributed by atoms with E-state index in [2.05, 4.69) is 10.3 Å². The van der Waals surface area contributed by atoms with Gasteiger partial charge in [-0.05, 0) is 73.6 Å². The number of carbonyl (C=O) groups is 1. The van der Waals surface area contributed by atoms with Crippen molar-refractivity contribution in [1.82, 2.24) is 10.3 Å². The number of hydrogen-bond donors (Lipinski definition) is 3. The van der Waals surface area contributed by atoms with E-state index in [1.54, 1.807) is 43.4 Å². The number of benzene rings is 3.